The first-order chi connectivity index (χ1) is 15.4. The molecule has 0 amide bonds. The molecule has 0 unspecified atom stereocenters. The largest absolute Gasteiger partial charge is 0.433 e. The van der Waals surface area contributed by atoms with Crippen LogP contribution in [0, 0.1) is 12.3 Å². The Kier molecular flexibility index (Phi) is 4.69. The molecule has 5 heterocycles. The van der Waals surface area contributed by atoms with Crippen LogP contribution in [0.15, 0.2) is 18.5 Å². The maximum Gasteiger partial charge on any atom is 0.433 e. The van der Waals surface area contributed by atoms with Gasteiger partial charge in [0.25, 0.3) is 0 Å². The summed E-state index contributed by atoms with van der Waals surface area (Å²) in [7, 11) is 0. The summed E-state index contributed by atoms with van der Waals surface area (Å²) >= 11 is 0. The highest BCUT2D eigenvalue weighted by Gasteiger charge is 2.49. The van der Waals surface area contributed by atoms with Gasteiger partial charge < -0.3 is 9.80 Å². The number of aryl methyl sites for hydroxylation is 1. The molecule has 176 valence electrons. The Hall–Kier alpha value is -3.19. The fourth-order valence-corrected chi connectivity index (χ4v) is 4.45. The molecule has 2 saturated heterocycles. The molecule has 0 radical (unpaired) electrons. The average molecular weight is 472 g/mol. The number of anilines is 2. The van der Waals surface area contributed by atoms with Crippen LogP contribution in [0.2, 0.25) is 0 Å². The standard InChI is InChI=1S/C19H18F6N8/c1-11-28-13(19(23,24)25)4-14(29-11)31-3-2-17(7-31)8-32(9-17)16-26-5-12-6-27-33(15(12)30-16)10-18(20,21)22/h4-6H,2-3,7-10H2,1H3. The Balaban J connectivity index is 1.30. The minimum Gasteiger partial charge on any atom is -0.356 e. The van der Waals surface area contributed by atoms with E-state index in [1.165, 1.54) is 19.3 Å². The van der Waals surface area contributed by atoms with Gasteiger partial charge in [-0.05, 0) is 13.3 Å². The Bertz CT molecular complexity index is 1200. The zero-order chi connectivity index (χ0) is 23.6. The van der Waals surface area contributed by atoms with E-state index in [9.17, 15) is 26.3 Å². The first-order valence-corrected chi connectivity index (χ1v) is 10.1. The van der Waals surface area contributed by atoms with E-state index in [-0.39, 0.29) is 22.7 Å². The van der Waals surface area contributed by atoms with Crippen molar-refractivity contribution in [3.63, 3.8) is 0 Å². The van der Waals surface area contributed by atoms with Gasteiger partial charge in [-0.1, -0.05) is 0 Å². The Labute approximate surface area is 183 Å². The van der Waals surface area contributed by atoms with E-state index >= 15 is 0 Å². The minimum atomic E-state index is -4.55. The van der Waals surface area contributed by atoms with Crippen LogP contribution in [-0.4, -0.2) is 62.1 Å². The van der Waals surface area contributed by atoms with Crippen molar-refractivity contribution in [2.45, 2.75) is 32.2 Å². The lowest BCUT2D eigenvalue weighted by molar-refractivity contribution is -0.142. The second-order valence-electron chi connectivity index (χ2n) is 8.55. The van der Waals surface area contributed by atoms with Gasteiger partial charge in [0, 0.05) is 43.9 Å². The maximum atomic E-state index is 13.1. The molecular formula is C19H18F6N8. The smallest absolute Gasteiger partial charge is 0.356 e. The van der Waals surface area contributed by atoms with E-state index in [0.717, 1.165) is 17.2 Å². The van der Waals surface area contributed by atoms with E-state index in [0.29, 0.717) is 37.5 Å². The van der Waals surface area contributed by atoms with E-state index in [1.54, 1.807) is 0 Å². The summed E-state index contributed by atoms with van der Waals surface area (Å²) in [5.41, 5.74) is -1.05. The van der Waals surface area contributed by atoms with Gasteiger partial charge in [0.1, 0.15) is 23.9 Å². The predicted octanol–water partition coefficient (Wildman–Crippen LogP) is 3.22. The molecule has 0 bridgehead atoms. The number of rotatable bonds is 3. The predicted molar refractivity (Wildman–Crippen MR) is 105 cm³/mol. The van der Waals surface area contributed by atoms with Crippen molar-refractivity contribution in [2.24, 2.45) is 5.41 Å². The van der Waals surface area contributed by atoms with Crippen LogP contribution in [0.5, 0.6) is 0 Å². The quantitative estimate of drug-likeness (QED) is 0.542. The topological polar surface area (TPSA) is 75.9 Å². The number of hydrogen-bond donors (Lipinski definition) is 0. The Morgan fingerprint density at radius 3 is 2.39 bits per heavy atom. The first-order valence-electron chi connectivity index (χ1n) is 10.1. The summed E-state index contributed by atoms with van der Waals surface area (Å²) in [6, 6.07) is 0.960. The molecule has 5 rings (SSSR count). The average Bonchev–Trinajstić information content (AvgIpc) is 3.29. The van der Waals surface area contributed by atoms with Crippen molar-refractivity contribution < 1.29 is 26.3 Å². The monoisotopic (exact) mass is 472 g/mol. The van der Waals surface area contributed by atoms with E-state index in [4.69, 9.17) is 0 Å². The molecule has 3 aromatic rings. The van der Waals surface area contributed by atoms with Gasteiger partial charge in [0.2, 0.25) is 5.95 Å². The molecule has 2 fully saturated rings. The van der Waals surface area contributed by atoms with Crippen molar-refractivity contribution in [3.8, 4) is 0 Å². The van der Waals surface area contributed by atoms with Gasteiger partial charge in [-0.2, -0.15) is 36.4 Å². The molecule has 0 aliphatic carbocycles. The van der Waals surface area contributed by atoms with Crippen LogP contribution in [0.3, 0.4) is 0 Å². The lowest BCUT2D eigenvalue weighted by Crippen LogP contribution is -2.58. The fourth-order valence-electron chi connectivity index (χ4n) is 4.45. The van der Waals surface area contributed by atoms with E-state index in [1.807, 2.05) is 9.80 Å². The second kappa shape index (κ2) is 7.15. The van der Waals surface area contributed by atoms with Crippen LogP contribution in [0.25, 0.3) is 11.0 Å². The molecule has 2 aliphatic heterocycles. The zero-order valence-electron chi connectivity index (χ0n) is 17.3. The van der Waals surface area contributed by atoms with Crippen molar-refractivity contribution in [1.82, 2.24) is 29.7 Å². The van der Waals surface area contributed by atoms with Crippen molar-refractivity contribution in [2.75, 3.05) is 36.0 Å². The maximum absolute atomic E-state index is 13.1. The van der Waals surface area contributed by atoms with Gasteiger partial charge >= 0.3 is 12.4 Å². The number of fused-ring (bicyclic) bond motifs is 1. The van der Waals surface area contributed by atoms with Gasteiger partial charge in [-0.15, -0.1) is 0 Å². The minimum absolute atomic E-state index is 0.0492. The Morgan fingerprint density at radius 2 is 1.70 bits per heavy atom. The molecule has 14 heteroatoms. The van der Waals surface area contributed by atoms with Crippen molar-refractivity contribution in [1.29, 1.82) is 0 Å². The summed E-state index contributed by atoms with van der Waals surface area (Å²) in [5, 5.41) is 4.15. The van der Waals surface area contributed by atoms with Crippen LogP contribution in [0.4, 0.5) is 38.1 Å². The fraction of sp³-hybridized carbons (Fsp3) is 0.526. The lowest BCUT2D eigenvalue weighted by Gasteiger charge is -2.47. The highest BCUT2D eigenvalue weighted by Crippen LogP contribution is 2.42. The summed E-state index contributed by atoms with van der Waals surface area (Å²) in [6.07, 6.45) is -5.52. The third-order valence-corrected chi connectivity index (χ3v) is 5.91. The van der Waals surface area contributed by atoms with Crippen LogP contribution >= 0.6 is 0 Å². The number of aromatic nitrogens is 6. The number of hydrogen-bond acceptors (Lipinski definition) is 7. The van der Waals surface area contributed by atoms with E-state index < -0.39 is 24.6 Å². The second-order valence-corrected chi connectivity index (χ2v) is 8.55. The molecule has 0 saturated carbocycles. The first kappa shape index (κ1) is 21.6. The van der Waals surface area contributed by atoms with Gasteiger partial charge in [0.05, 0.1) is 11.6 Å². The van der Waals surface area contributed by atoms with Crippen LogP contribution < -0.4 is 9.80 Å². The summed E-state index contributed by atoms with van der Waals surface area (Å²) in [5.74, 6) is 0.583. The number of nitrogens with zero attached hydrogens (tertiary/aromatic N) is 8. The molecule has 1 spiro atoms. The number of halogens is 6. The lowest BCUT2D eigenvalue weighted by atomic mass is 9.79. The molecular weight excluding hydrogens is 454 g/mol. The third kappa shape index (κ3) is 4.13. The van der Waals surface area contributed by atoms with Gasteiger partial charge in [-0.25, -0.2) is 19.6 Å². The highest BCUT2D eigenvalue weighted by molar-refractivity contribution is 5.74. The zero-order valence-corrected chi connectivity index (χ0v) is 17.3. The van der Waals surface area contributed by atoms with Gasteiger partial charge in [0.15, 0.2) is 5.65 Å². The van der Waals surface area contributed by atoms with Crippen LogP contribution in [0.1, 0.15) is 17.9 Å². The highest BCUT2D eigenvalue weighted by atomic mass is 19.4. The van der Waals surface area contributed by atoms with E-state index in [2.05, 4.69) is 25.0 Å². The summed E-state index contributed by atoms with van der Waals surface area (Å²) < 4.78 is 78.5. The normalized spacial score (nSPS) is 18.4. The van der Waals surface area contributed by atoms with Gasteiger partial charge in [-0.3, -0.25) is 0 Å². The Morgan fingerprint density at radius 1 is 0.970 bits per heavy atom. The van der Waals surface area contributed by atoms with Crippen molar-refractivity contribution in [3.05, 3.63) is 30.0 Å². The molecule has 0 aromatic carbocycles. The molecule has 0 atom stereocenters. The van der Waals surface area contributed by atoms with Crippen molar-refractivity contribution >= 4 is 22.8 Å². The summed E-state index contributed by atoms with van der Waals surface area (Å²) in [6.45, 7) is 2.30. The van der Waals surface area contributed by atoms with Crippen LogP contribution in [-0.2, 0) is 12.7 Å². The summed E-state index contributed by atoms with van der Waals surface area (Å²) in [4.78, 5) is 19.8. The number of alkyl halides is 6. The molecule has 8 nitrogen and oxygen atoms in total. The molecule has 33 heavy (non-hydrogen) atoms. The molecule has 0 N–H and O–H groups in total. The SMILES string of the molecule is Cc1nc(N2CCC3(C2)CN(c2ncc4cnn(CC(F)(F)F)c4n2)C3)cc(C(F)(F)F)n1. The molecule has 2 aliphatic rings. The third-order valence-electron chi connectivity index (χ3n) is 5.91. The molecule has 3 aromatic heterocycles.